The average Bonchev–Trinajstić information content (AvgIpc) is 2.06. The second-order valence-corrected chi connectivity index (χ2v) is 3.74. The molecule has 0 aromatic heterocycles. The van der Waals surface area contributed by atoms with Crippen LogP contribution in [0.1, 0.15) is 11.1 Å². The highest BCUT2D eigenvalue weighted by Gasteiger charge is 2.10. The van der Waals surface area contributed by atoms with E-state index in [2.05, 4.69) is 30.8 Å². The monoisotopic (exact) mass is 162 g/mol. The van der Waals surface area contributed by atoms with Gasteiger partial charge in [-0.05, 0) is 16.7 Å². The standard InChI is InChI=1S/C10H10S/c1-8-6-11-7-9-4-2-3-5-10(8)9/h2-5H,1,6-7H2. The molecule has 1 heterocycles. The SMILES string of the molecule is C=C1CSCc2ccccc21. The van der Waals surface area contributed by atoms with Crippen molar-refractivity contribution in [3.63, 3.8) is 0 Å². The van der Waals surface area contributed by atoms with E-state index in [1.165, 1.54) is 16.7 Å². The molecule has 56 valence electrons. The van der Waals surface area contributed by atoms with Crippen LogP contribution in [0.4, 0.5) is 0 Å². The van der Waals surface area contributed by atoms with Gasteiger partial charge in [-0.15, -0.1) is 0 Å². The van der Waals surface area contributed by atoms with Crippen molar-refractivity contribution in [2.45, 2.75) is 5.75 Å². The maximum Gasteiger partial charge on any atom is 0.0193 e. The van der Waals surface area contributed by atoms with Crippen LogP contribution < -0.4 is 0 Å². The fourth-order valence-corrected chi connectivity index (χ4v) is 2.33. The van der Waals surface area contributed by atoms with Gasteiger partial charge in [-0.2, -0.15) is 11.8 Å². The molecule has 0 N–H and O–H groups in total. The molecule has 0 atom stereocenters. The van der Waals surface area contributed by atoms with E-state index in [0.29, 0.717) is 0 Å². The van der Waals surface area contributed by atoms with Crippen LogP contribution in [-0.4, -0.2) is 5.75 Å². The van der Waals surface area contributed by atoms with E-state index >= 15 is 0 Å². The van der Waals surface area contributed by atoms with Gasteiger partial charge in [0.1, 0.15) is 0 Å². The summed E-state index contributed by atoms with van der Waals surface area (Å²) in [7, 11) is 0. The Bertz CT molecular complexity index is 289. The van der Waals surface area contributed by atoms with E-state index in [1.807, 2.05) is 11.8 Å². The molecular formula is C10H10S. The summed E-state index contributed by atoms with van der Waals surface area (Å²) in [6, 6.07) is 8.53. The van der Waals surface area contributed by atoms with Crippen LogP contribution in [0, 0.1) is 0 Å². The number of benzene rings is 1. The summed E-state index contributed by atoms with van der Waals surface area (Å²) in [5, 5.41) is 0. The summed E-state index contributed by atoms with van der Waals surface area (Å²) in [6.07, 6.45) is 0. The third-order valence-corrected chi connectivity index (χ3v) is 3.00. The molecule has 0 fully saturated rings. The van der Waals surface area contributed by atoms with Crippen molar-refractivity contribution in [2.24, 2.45) is 0 Å². The van der Waals surface area contributed by atoms with Crippen LogP contribution >= 0.6 is 11.8 Å². The molecule has 0 unspecified atom stereocenters. The zero-order valence-corrected chi connectivity index (χ0v) is 7.16. The van der Waals surface area contributed by atoms with Crippen LogP contribution in [-0.2, 0) is 5.75 Å². The molecule has 1 aromatic rings. The zero-order chi connectivity index (χ0) is 7.68. The fraction of sp³-hybridized carbons (Fsp3) is 0.200. The molecule has 1 heteroatoms. The number of hydrogen-bond acceptors (Lipinski definition) is 1. The van der Waals surface area contributed by atoms with Crippen LogP contribution in [0.15, 0.2) is 30.8 Å². The molecule has 1 aromatic carbocycles. The van der Waals surface area contributed by atoms with Gasteiger partial charge in [0.15, 0.2) is 0 Å². The van der Waals surface area contributed by atoms with Crippen LogP contribution in [0.5, 0.6) is 0 Å². The Morgan fingerprint density at radius 1 is 1.18 bits per heavy atom. The first-order valence-corrected chi connectivity index (χ1v) is 4.87. The van der Waals surface area contributed by atoms with Crippen molar-refractivity contribution in [3.8, 4) is 0 Å². The van der Waals surface area contributed by atoms with Crippen molar-refractivity contribution >= 4 is 17.3 Å². The number of thioether (sulfide) groups is 1. The lowest BCUT2D eigenvalue weighted by atomic mass is 10.0. The van der Waals surface area contributed by atoms with Gasteiger partial charge in [-0.1, -0.05) is 30.8 Å². The lowest BCUT2D eigenvalue weighted by Gasteiger charge is -2.16. The van der Waals surface area contributed by atoms with Gasteiger partial charge in [0.05, 0.1) is 0 Å². The maximum atomic E-state index is 4.03. The highest BCUT2D eigenvalue weighted by atomic mass is 32.2. The Kier molecular flexibility index (Phi) is 1.74. The number of hydrogen-bond donors (Lipinski definition) is 0. The van der Waals surface area contributed by atoms with Crippen molar-refractivity contribution in [3.05, 3.63) is 42.0 Å². The molecule has 1 aliphatic heterocycles. The fourth-order valence-electron chi connectivity index (χ4n) is 1.35. The van der Waals surface area contributed by atoms with Gasteiger partial charge in [0.2, 0.25) is 0 Å². The number of fused-ring (bicyclic) bond motifs is 1. The second-order valence-electron chi connectivity index (χ2n) is 2.75. The third-order valence-electron chi connectivity index (χ3n) is 1.93. The molecule has 0 nitrogen and oxygen atoms in total. The average molecular weight is 162 g/mol. The van der Waals surface area contributed by atoms with E-state index in [9.17, 15) is 0 Å². The highest BCUT2D eigenvalue weighted by Crippen LogP contribution is 2.30. The molecule has 0 saturated carbocycles. The summed E-state index contributed by atoms with van der Waals surface area (Å²) in [5.41, 5.74) is 4.08. The minimum atomic E-state index is 1.09. The minimum Gasteiger partial charge on any atom is -0.152 e. The van der Waals surface area contributed by atoms with Crippen molar-refractivity contribution in [1.29, 1.82) is 0 Å². The Labute approximate surface area is 71.3 Å². The Hall–Kier alpha value is -0.690. The van der Waals surface area contributed by atoms with Gasteiger partial charge in [0.25, 0.3) is 0 Å². The second kappa shape index (κ2) is 2.74. The lowest BCUT2D eigenvalue weighted by Crippen LogP contribution is -1.99. The van der Waals surface area contributed by atoms with Crippen LogP contribution in [0.25, 0.3) is 5.57 Å². The maximum absolute atomic E-state index is 4.03. The Morgan fingerprint density at radius 2 is 2.00 bits per heavy atom. The van der Waals surface area contributed by atoms with Gasteiger partial charge < -0.3 is 0 Å². The normalized spacial score (nSPS) is 16.2. The minimum absolute atomic E-state index is 1.09. The molecule has 0 bridgehead atoms. The first-order valence-electron chi connectivity index (χ1n) is 3.72. The summed E-state index contributed by atoms with van der Waals surface area (Å²) in [5.74, 6) is 2.24. The first kappa shape index (κ1) is 6.99. The van der Waals surface area contributed by atoms with E-state index < -0.39 is 0 Å². The molecule has 0 amide bonds. The quantitative estimate of drug-likeness (QED) is 0.565. The van der Waals surface area contributed by atoms with E-state index in [0.717, 1.165) is 11.5 Å². The summed E-state index contributed by atoms with van der Waals surface area (Å²) < 4.78 is 0. The topological polar surface area (TPSA) is 0 Å². The Morgan fingerprint density at radius 3 is 2.82 bits per heavy atom. The zero-order valence-electron chi connectivity index (χ0n) is 6.34. The van der Waals surface area contributed by atoms with Gasteiger partial charge in [-0.3, -0.25) is 0 Å². The molecule has 0 spiro atoms. The van der Waals surface area contributed by atoms with E-state index in [4.69, 9.17) is 0 Å². The summed E-state index contributed by atoms with van der Waals surface area (Å²) >= 11 is 1.95. The largest absolute Gasteiger partial charge is 0.152 e. The first-order chi connectivity index (χ1) is 5.38. The molecule has 0 radical (unpaired) electrons. The van der Waals surface area contributed by atoms with Gasteiger partial charge in [0, 0.05) is 11.5 Å². The highest BCUT2D eigenvalue weighted by molar-refractivity contribution is 7.99. The third kappa shape index (κ3) is 1.21. The van der Waals surface area contributed by atoms with Crippen molar-refractivity contribution < 1.29 is 0 Å². The van der Waals surface area contributed by atoms with Crippen molar-refractivity contribution in [1.82, 2.24) is 0 Å². The number of rotatable bonds is 0. The van der Waals surface area contributed by atoms with Crippen LogP contribution in [0.2, 0.25) is 0 Å². The van der Waals surface area contributed by atoms with Gasteiger partial charge in [-0.25, -0.2) is 0 Å². The molecular weight excluding hydrogens is 152 g/mol. The van der Waals surface area contributed by atoms with E-state index in [-0.39, 0.29) is 0 Å². The smallest absolute Gasteiger partial charge is 0.0193 e. The van der Waals surface area contributed by atoms with E-state index in [1.54, 1.807) is 0 Å². The van der Waals surface area contributed by atoms with Gasteiger partial charge >= 0.3 is 0 Å². The Balaban J connectivity index is 2.52. The molecule has 2 rings (SSSR count). The molecule has 1 aliphatic rings. The van der Waals surface area contributed by atoms with Crippen molar-refractivity contribution in [2.75, 3.05) is 5.75 Å². The predicted octanol–water partition coefficient (Wildman–Crippen LogP) is 2.95. The predicted molar refractivity (Wildman–Crippen MR) is 51.6 cm³/mol. The molecule has 0 aliphatic carbocycles. The summed E-state index contributed by atoms with van der Waals surface area (Å²) in [6.45, 7) is 4.03. The lowest BCUT2D eigenvalue weighted by molar-refractivity contribution is 1.34. The molecule has 11 heavy (non-hydrogen) atoms. The molecule has 0 saturated heterocycles. The summed E-state index contributed by atoms with van der Waals surface area (Å²) in [4.78, 5) is 0. The van der Waals surface area contributed by atoms with Crippen LogP contribution in [0.3, 0.4) is 0 Å².